The van der Waals surface area contributed by atoms with Crippen molar-refractivity contribution in [3.63, 3.8) is 0 Å². The summed E-state index contributed by atoms with van der Waals surface area (Å²) in [5.74, 6) is -9.83. The van der Waals surface area contributed by atoms with Crippen molar-refractivity contribution in [1.82, 2.24) is 56.2 Å². The van der Waals surface area contributed by atoms with Gasteiger partial charge in [-0.2, -0.15) is 0 Å². The average Bonchev–Trinajstić information content (AvgIpc) is 1.61. The Balaban J connectivity index is 0.000000252. The molecular formula is C89H131F4N11O37. The highest BCUT2D eigenvalue weighted by atomic mass is 19.2. The molecule has 7 saturated heterocycles. The van der Waals surface area contributed by atoms with E-state index in [4.69, 9.17) is 66.3 Å². The molecule has 2 saturated carbocycles. The number of amides is 5. The number of aryl methyl sites for hydroxylation is 2. The second-order valence-electron chi connectivity index (χ2n) is 37.3. The minimum absolute atomic E-state index is 0.00185. The number of carbonyl (C=O) groups excluding carboxylic acids is 5. The van der Waals surface area contributed by atoms with Gasteiger partial charge in [-0.15, -0.1) is 10.2 Å². The van der Waals surface area contributed by atoms with Crippen LogP contribution in [0.4, 0.5) is 17.6 Å². The lowest BCUT2D eigenvalue weighted by Gasteiger charge is -2.49. The molecule has 2 aromatic heterocycles. The van der Waals surface area contributed by atoms with Crippen LogP contribution < -0.4 is 21.3 Å². The lowest BCUT2D eigenvalue weighted by Crippen LogP contribution is -2.68. The quantitative estimate of drug-likeness (QED) is 0.0189. The van der Waals surface area contributed by atoms with Crippen molar-refractivity contribution in [2.24, 2.45) is 11.8 Å². The summed E-state index contributed by atoms with van der Waals surface area (Å²) in [6.45, 7) is 11.2. The number of aromatic nitrogens is 6. The first kappa shape index (κ1) is 112. The smallest absolute Gasteiger partial charge is 0.332 e. The highest BCUT2D eigenvalue weighted by Gasteiger charge is 2.58. The maximum absolute atomic E-state index is 14.4. The molecular weight excluding hydrogens is 1890 g/mol. The lowest BCUT2D eigenvalue weighted by atomic mass is 9.81. The van der Waals surface area contributed by atoms with E-state index in [0.29, 0.717) is 25.9 Å². The summed E-state index contributed by atoms with van der Waals surface area (Å²) in [7, 11) is 0. The van der Waals surface area contributed by atoms with Crippen molar-refractivity contribution in [3.8, 4) is 22.5 Å². The molecule has 0 radical (unpaired) electrons. The molecule has 2 aliphatic carbocycles. The third kappa shape index (κ3) is 26.2. The number of aliphatic hydroxyl groups excluding tert-OH is 16. The van der Waals surface area contributed by atoms with Crippen molar-refractivity contribution in [2.75, 3.05) is 52.7 Å². The number of carboxylic acids is 1. The molecule has 9 heterocycles. The zero-order chi connectivity index (χ0) is 103. The molecule has 18 unspecified atom stereocenters. The second-order valence-corrected chi connectivity index (χ2v) is 37.3. The fraction of sp³-hybridized carbons (Fsp3) is 0.753. The second kappa shape index (κ2) is 49.5. The molecule has 9 fully saturated rings. The summed E-state index contributed by atoms with van der Waals surface area (Å²) in [6, 6.07) is -3.16. The zero-order valence-electron chi connectivity index (χ0n) is 79.0. The number of aliphatic carboxylic acids is 1. The van der Waals surface area contributed by atoms with Gasteiger partial charge in [0.25, 0.3) is 5.91 Å². The molecule has 13 rings (SSSR count). The summed E-state index contributed by atoms with van der Waals surface area (Å²) in [4.78, 5) is 78.8. The Kier molecular flexibility index (Phi) is 39.3. The molecule has 0 bridgehead atoms. The van der Waals surface area contributed by atoms with E-state index in [1.807, 2.05) is 6.92 Å². The number of benzene rings is 2. The fourth-order valence-electron chi connectivity index (χ4n) is 19.2. The maximum Gasteiger partial charge on any atom is 0.332 e. The zero-order valence-corrected chi connectivity index (χ0v) is 79.0. The van der Waals surface area contributed by atoms with Crippen LogP contribution in [0.5, 0.6) is 0 Å². The molecule has 52 heteroatoms. The summed E-state index contributed by atoms with van der Waals surface area (Å²) < 4.78 is 145. The monoisotopic (exact) mass is 2020 g/mol. The molecule has 4 aromatic rings. The minimum atomic E-state index is -1.83. The first-order valence-corrected chi connectivity index (χ1v) is 47.0. The minimum Gasteiger partial charge on any atom is -0.479 e. The van der Waals surface area contributed by atoms with Gasteiger partial charge in [-0.3, -0.25) is 24.0 Å². The maximum atomic E-state index is 14.4. The van der Waals surface area contributed by atoms with Crippen molar-refractivity contribution in [1.29, 1.82) is 0 Å². The SMILES string of the molecule is CCC[C@H](OC1C(NC(C)=O)[C@H](O[C@@H]2CC(CO[C@H]3O[C@H](CO)[C@@H](O)C(n4cc(-c5cc(C)c(F)c(F)c5)nn4)C3O)C[C@@H](NC(C)=O)C2O[C@@H]2OC(C)[C@@H](O)[C@H](O)C2O)OC(CO)[C@@H]1O)C(=O)N1CCC1.CCC[C@H](OC1C(NC(C)=O)[C@H](O[C@@H]2CC(CO[C@H]3O[C@H](CO)[C@@H](O)C(n4cc(-c5cc(C)c(F)c(F)c5)nn4)C3O)C[C@@H](NC(C)=O)C2O[C@@H]2OC(C)[C@@H](O)[C@H](O)C2O)OC(CO)[C@@H]1O)C(=O)O. The van der Waals surface area contributed by atoms with Crippen molar-refractivity contribution in [2.45, 2.75) is 360 Å². The number of ether oxygens (including phenoxy) is 14. The molecule has 21 N–H and O–H groups in total. The van der Waals surface area contributed by atoms with Gasteiger partial charge in [0.2, 0.25) is 23.6 Å². The van der Waals surface area contributed by atoms with Gasteiger partial charge in [-0.1, -0.05) is 37.1 Å². The Morgan fingerprint density at radius 3 is 1.14 bits per heavy atom. The topological polar surface area (TPSA) is 688 Å². The molecule has 0 spiro atoms. The Morgan fingerprint density at radius 2 is 0.801 bits per heavy atom. The van der Waals surface area contributed by atoms with Gasteiger partial charge in [-0.05, 0) is 120 Å². The van der Waals surface area contributed by atoms with Gasteiger partial charge < -0.3 is 179 Å². The molecule has 40 atom stereocenters. The van der Waals surface area contributed by atoms with Gasteiger partial charge in [0, 0.05) is 51.9 Å². The molecule has 48 nitrogen and oxygen atoms in total. The first-order chi connectivity index (χ1) is 66.9. The number of nitrogens with zero attached hydrogens (tertiary/aromatic N) is 7. The molecule has 792 valence electrons. The fourth-order valence-corrected chi connectivity index (χ4v) is 19.2. The van der Waals surface area contributed by atoms with E-state index in [-0.39, 0.29) is 91.3 Å². The van der Waals surface area contributed by atoms with Crippen LogP contribution in [0.1, 0.15) is 136 Å². The molecule has 141 heavy (non-hydrogen) atoms. The number of halogens is 4. The average molecular weight is 2020 g/mol. The van der Waals surface area contributed by atoms with Crippen LogP contribution in [0.3, 0.4) is 0 Å². The van der Waals surface area contributed by atoms with E-state index in [9.17, 15) is 133 Å². The molecule has 9 aliphatic rings. The summed E-state index contributed by atoms with van der Waals surface area (Å²) in [5.41, 5.74) is 0.421. The molecule has 2 aromatic carbocycles. The van der Waals surface area contributed by atoms with E-state index < -0.39 is 324 Å². The Labute approximate surface area is 805 Å². The van der Waals surface area contributed by atoms with E-state index in [2.05, 4.69) is 41.9 Å². The predicted molar refractivity (Wildman–Crippen MR) is 465 cm³/mol. The number of hydrogen-bond donors (Lipinski definition) is 21. The van der Waals surface area contributed by atoms with E-state index in [1.165, 1.54) is 73.0 Å². The van der Waals surface area contributed by atoms with E-state index in [1.54, 1.807) is 11.8 Å². The number of aliphatic hydroxyl groups is 16. The number of carboxylic acid groups (broad SMARTS) is 1. The third-order valence-electron chi connectivity index (χ3n) is 26.7. The van der Waals surface area contributed by atoms with Crippen molar-refractivity contribution < 1.29 is 199 Å². The van der Waals surface area contributed by atoms with Crippen LogP contribution in [-0.4, -0.2) is 431 Å². The molecule has 7 aliphatic heterocycles. The number of rotatable bonds is 36. The number of likely N-dealkylation sites (tertiary alicyclic amines) is 1. The highest BCUT2D eigenvalue weighted by molar-refractivity contribution is 5.81. The van der Waals surface area contributed by atoms with Crippen LogP contribution in [-0.2, 0) is 95.1 Å². The predicted octanol–water partition coefficient (Wildman–Crippen LogP) is -5.33. The molecule has 5 amide bonds. The van der Waals surface area contributed by atoms with Gasteiger partial charge in [0.1, 0.15) is 164 Å². The number of carbonyl (C=O) groups is 6. The number of hydrogen-bond acceptors (Lipinski definition) is 40. The van der Waals surface area contributed by atoms with E-state index in [0.717, 1.165) is 34.8 Å². The van der Waals surface area contributed by atoms with Gasteiger partial charge in [0.15, 0.2) is 67.1 Å². The Hall–Kier alpha value is -7.94. The highest BCUT2D eigenvalue weighted by Crippen LogP contribution is 2.43. The first-order valence-electron chi connectivity index (χ1n) is 47.0. The van der Waals surface area contributed by atoms with Gasteiger partial charge in [0.05, 0.1) is 88.5 Å². The summed E-state index contributed by atoms with van der Waals surface area (Å²) in [6.07, 6.45) is -43.7. The lowest BCUT2D eigenvalue weighted by molar-refractivity contribution is -0.337. The standard InChI is InChI=1S/C46H68F2N6O18.C43H63F2N5O19/c1-6-8-28(43(65)53-9-7-10-53)68-42-33(50-22(5)58)44(70-31(17-56)37(42)61)69-29-13-23(12-26(49-21(4)57)41(29)72-46-40(64)39(63)35(59)20(3)67-46)18-66-45-38(62)34(36(60)30(16-55)71-45)54-15-27(51-52-54)24-11-19(2)32(48)25(47)14-24;1-6-7-25(40(61)62)65-39-30(47-19(5)54)41(67-28(14-52)34(39)57)66-26-10-20(9-23(46-18(4)53)38(26)69-43-37(60)36(59)32(55)17(3)64-43)15-63-42-35(58)31(33(56)27(13-51)68-42)50-12-24(48-49-50)21-8-16(2)29(45)22(44)11-21/h11,14-15,20,23,26,28-31,33-42,44-46,55-56,59-64H,6-10,12-13,16-18H2,1-5H3,(H,49,57)(H,50,58);8,11-12,17,20,23,25-28,30-39,41-43,51-52,55-60H,6-7,9-10,13-15H2,1-5H3,(H,46,53)(H,47,54)(H,61,62)/t20?,23?,26-,28+,29-,30-,31?,33?,34?,35-,36-,37+,38?,39+,40?,41?,42?,44-,45+,46+;17?,20?,23-,25+,26-,27-,28?,30?,31?,32-,33-,34+,35?,36+,37?,38?,39?,41-,42+,43+/m11/s1. The van der Waals surface area contributed by atoms with Crippen LogP contribution >= 0.6 is 0 Å². The van der Waals surface area contributed by atoms with Gasteiger partial charge in [-0.25, -0.2) is 31.7 Å². The Bertz CT molecular complexity index is 4750. The van der Waals surface area contributed by atoms with Crippen molar-refractivity contribution in [3.05, 3.63) is 71.1 Å². The van der Waals surface area contributed by atoms with Crippen LogP contribution in [0.25, 0.3) is 22.5 Å². The van der Waals surface area contributed by atoms with Crippen LogP contribution in [0.2, 0.25) is 0 Å². The van der Waals surface area contributed by atoms with Crippen LogP contribution in [0, 0.1) is 49.0 Å². The normalized spacial score (nSPS) is 37.7. The van der Waals surface area contributed by atoms with Gasteiger partial charge >= 0.3 is 5.97 Å². The van der Waals surface area contributed by atoms with Crippen LogP contribution in [0.15, 0.2) is 36.7 Å². The van der Waals surface area contributed by atoms with Crippen molar-refractivity contribution >= 4 is 35.5 Å². The van der Waals surface area contributed by atoms with E-state index >= 15 is 0 Å². The largest absolute Gasteiger partial charge is 0.479 e. The number of nitrogens with one attached hydrogen (secondary N) is 4. The summed E-state index contributed by atoms with van der Waals surface area (Å²) >= 11 is 0. The third-order valence-corrected chi connectivity index (χ3v) is 26.7. The Morgan fingerprint density at radius 1 is 0.440 bits per heavy atom. The summed E-state index contributed by atoms with van der Waals surface area (Å²) in [5, 5.41) is 212.